The van der Waals surface area contributed by atoms with Crippen molar-refractivity contribution in [2.45, 2.75) is 5.41 Å². The van der Waals surface area contributed by atoms with Crippen LogP contribution in [0.2, 0.25) is 0 Å². The quantitative estimate of drug-likeness (QED) is 0.174. The molecule has 0 amide bonds. The fourth-order valence-electron chi connectivity index (χ4n) is 10.6. The Kier molecular flexibility index (Phi) is 7.49. The van der Waals surface area contributed by atoms with Gasteiger partial charge in [0, 0.05) is 27.5 Å². The van der Waals surface area contributed by atoms with E-state index in [1.54, 1.807) is 0 Å². The van der Waals surface area contributed by atoms with Crippen molar-refractivity contribution in [2.75, 3.05) is 0 Å². The fraction of sp³-hybridized carbons (Fsp3) is 0.0172. The summed E-state index contributed by atoms with van der Waals surface area (Å²) in [6.07, 6.45) is 0. The minimum absolute atomic E-state index is 0.447. The number of para-hydroxylation sites is 2. The van der Waals surface area contributed by atoms with Gasteiger partial charge in [-0.05, 0) is 73.3 Å². The Bertz CT molecular complexity index is 3540. The van der Waals surface area contributed by atoms with Gasteiger partial charge in [-0.15, -0.1) is 0 Å². The van der Waals surface area contributed by atoms with Crippen LogP contribution in [-0.2, 0) is 5.41 Å². The largest absolute Gasteiger partial charge is 0.277 e. The standard InChI is InChI=1S/C58H36N4/c1-3-18-37(19-4-1)39-22-15-23-40(36-39)56-59-55(38-20-5-2-6-21-38)60-57(61-56)62-52-35-14-10-26-43(52)45-29-16-30-46(54(45)62)44-28-17-34-51-53(44)47-27-9-13-33-50(47)58(51)48-31-11-7-24-41(48)42-25-8-12-32-49(42)58/h1-36H. The van der Waals surface area contributed by atoms with Crippen LogP contribution in [0.1, 0.15) is 22.3 Å². The Morgan fingerprint density at radius 1 is 0.323 bits per heavy atom. The lowest BCUT2D eigenvalue weighted by Crippen LogP contribution is -2.25. The molecule has 0 aliphatic heterocycles. The van der Waals surface area contributed by atoms with Gasteiger partial charge >= 0.3 is 0 Å². The molecule has 4 heteroatoms. The maximum atomic E-state index is 5.40. The number of benzene rings is 9. The molecule has 0 N–H and O–H groups in total. The summed E-state index contributed by atoms with van der Waals surface area (Å²) >= 11 is 0. The third kappa shape index (κ3) is 4.86. The summed E-state index contributed by atoms with van der Waals surface area (Å²) in [4.78, 5) is 15.9. The van der Waals surface area contributed by atoms with Gasteiger partial charge in [0.25, 0.3) is 0 Å². The van der Waals surface area contributed by atoms with Crippen LogP contribution in [-0.4, -0.2) is 19.5 Å². The first kappa shape index (κ1) is 34.6. The van der Waals surface area contributed by atoms with E-state index in [2.05, 4.69) is 199 Å². The van der Waals surface area contributed by atoms with E-state index in [0.29, 0.717) is 17.6 Å². The van der Waals surface area contributed by atoms with E-state index >= 15 is 0 Å². The first-order chi connectivity index (χ1) is 30.8. The normalized spacial score (nSPS) is 13.0. The number of aromatic nitrogens is 4. The topological polar surface area (TPSA) is 43.6 Å². The monoisotopic (exact) mass is 788 g/mol. The average Bonchev–Trinajstić information content (AvgIpc) is 3.97. The second-order valence-electron chi connectivity index (χ2n) is 16.3. The van der Waals surface area contributed by atoms with Crippen LogP contribution in [0.25, 0.3) is 95.0 Å². The lowest BCUT2D eigenvalue weighted by Gasteiger charge is -2.30. The van der Waals surface area contributed by atoms with Crippen LogP contribution in [0.15, 0.2) is 218 Å². The first-order valence-corrected chi connectivity index (χ1v) is 21.2. The van der Waals surface area contributed by atoms with E-state index in [0.717, 1.165) is 49.6 Å². The summed E-state index contributed by atoms with van der Waals surface area (Å²) < 4.78 is 2.27. The molecule has 13 rings (SSSR count). The maximum Gasteiger partial charge on any atom is 0.238 e. The Labute approximate surface area is 359 Å². The molecule has 2 aliphatic rings. The number of rotatable bonds is 5. The predicted molar refractivity (Wildman–Crippen MR) is 252 cm³/mol. The highest BCUT2D eigenvalue weighted by Gasteiger charge is 2.52. The number of hydrogen-bond donors (Lipinski definition) is 0. The highest BCUT2D eigenvalue weighted by atomic mass is 15.2. The van der Waals surface area contributed by atoms with Crippen molar-refractivity contribution in [1.82, 2.24) is 19.5 Å². The molecule has 9 aromatic carbocycles. The Balaban J connectivity index is 1.10. The van der Waals surface area contributed by atoms with E-state index in [-0.39, 0.29) is 0 Å². The summed E-state index contributed by atoms with van der Waals surface area (Å²) in [7, 11) is 0. The van der Waals surface area contributed by atoms with Gasteiger partial charge in [0.05, 0.1) is 16.4 Å². The SMILES string of the molecule is c1ccc(-c2cccc(-c3nc(-c4ccccc4)nc(-n4c5ccccc5c5cccc(-c6cccc7c6-c6ccccc6C76c7ccccc7-c7ccccc76)c54)n3)c2)cc1. The van der Waals surface area contributed by atoms with Crippen LogP contribution in [0, 0.1) is 0 Å². The third-order valence-electron chi connectivity index (χ3n) is 13.1. The van der Waals surface area contributed by atoms with Gasteiger partial charge in [-0.3, -0.25) is 4.57 Å². The average molecular weight is 789 g/mol. The minimum Gasteiger partial charge on any atom is -0.277 e. The summed E-state index contributed by atoms with van der Waals surface area (Å²) in [6.45, 7) is 0. The molecule has 1 spiro atoms. The van der Waals surface area contributed by atoms with Crippen LogP contribution >= 0.6 is 0 Å². The molecule has 0 saturated heterocycles. The van der Waals surface area contributed by atoms with Crippen LogP contribution in [0.3, 0.4) is 0 Å². The van der Waals surface area contributed by atoms with Crippen molar-refractivity contribution in [3.63, 3.8) is 0 Å². The molecule has 4 nitrogen and oxygen atoms in total. The van der Waals surface area contributed by atoms with Crippen LogP contribution in [0.5, 0.6) is 0 Å². The Hall–Kier alpha value is -8.21. The molecule has 0 radical (unpaired) electrons. The van der Waals surface area contributed by atoms with Crippen LogP contribution < -0.4 is 0 Å². The van der Waals surface area contributed by atoms with Crippen molar-refractivity contribution < 1.29 is 0 Å². The third-order valence-corrected chi connectivity index (χ3v) is 13.1. The first-order valence-electron chi connectivity index (χ1n) is 21.2. The predicted octanol–water partition coefficient (Wildman–Crippen LogP) is 14.0. The number of fused-ring (bicyclic) bond motifs is 13. The van der Waals surface area contributed by atoms with Crippen molar-refractivity contribution in [3.8, 4) is 73.2 Å². The van der Waals surface area contributed by atoms with E-state index in [9.17, 15) is 0 Å². The molecule has 0 saturated carbocycles. The van der Waals surface area contributed by atoms with Gasteiger partial charge in [0.15, 0.2) is 11.6 Å². The molecule has 2 aromatic heterocycles. The zero-order valence-electron chi connectivity index (χ0n) is 33.6. The second-order valence-corrected chi connectivity index (χ2v) is 16.3. The fourth-order valence-corrected chi connectivity index (χ4v) is 10.6. The summed E-state index contributed by atoms with van der Waals surface area (Å²) in [6, 6.07) is 78.5. The highest BCUT2D eigenvalue weighted by Crippen LogP contribution is 2.64. The minimum atomic E-state index is -0.447. The number of nitrogens with zero attached hydrogens (tertiary/aromatic N) is 4. The molecule has 0 bridgehead atoms. The summed E-state index contributed by atoms with van der Waals surface area (Å²) in [5, 5.41) is 2.28. The Morgan fingerprint density at radius 3 is 1.55 bits per heavy atom. The lowest BCUT2D eigenvalue weighted by atomic mass is 9.70. The molecule has 0 unspecified atom stereocenters. The molecular weight excluding hydrogens is 753 g/mol. The van der Waals surface area contributed by atoms with Gasteiger partial charge in [-0.25, -0.2) is 4.98 Å². The maximum absolute atomic E-state index is 5.40. The van der Waals surface area contributed by atoms with Crippen molar-refractivity contribution in [3.05, 3.63) is 241 Å². The molecule has 11 aromatic rings. The molecular formula is C58H36N4. The van der Waals surface area contributed by atoms with E-state index < -0.39 is 5.41 Å². The smallest absolute Gasteiger partial charge is 0.238 e. The van der Waals surface area contributed by atoms with Crippen LogP contribution in [0.4, 0.5) is 0 Å². The molecule has 288 valence electrons. The van der Waals surface area contributed by atoms with Gasteiger partial charge in [0.2, 0.25) is 5.95 Å². The zero-order chi connectivity index (χ0) is 40.8. The number of hydrogen-bond acceptors (Lipinski definition) is 3. The van der Waals surface area contributed by atoms with E-state index in [4.69, 9.17) is 15.0 Å². The molecule has 2 heterocycles. The van der Waals surface area contributed by atoms with Gasteiger partial charge in [-0.2, -0.15) is 9.97 Å². The van der Waals surface area contributed by atoms with Gasteiger partial charge < -0.3 is 0 Å². The highest BCUT2D eigenvalue weighted by molar-refractivity contribution is 6.15. The van der Waals surface area contributed by atoms with Crippen molar-refractivity contribution in [2.24, 2.45) is 0 Å². The van der Waals surface area contributed by atoms with Crippen molar-refractivity contribution >= 4 is 21.8 Å². The summed E-state index contributed by atoms with van der Waals surface area (Å²) in [5.41, 5.74) is 18.5. The lowest BCUT2D eigenvalue weighted by molar-refractivity contribution is 0.794. The molecule has 2 aliphatic carbocycles. The second kappa shape index (κ2) is 13.4. The molecule has 62 heavy (non-hydrogen) atoms. The molecule has 0 atom stereocenters. The van der Waals surface area contributed by atoms with Gasteiger partial charge in [-0.1, -0.05) is 206 Å². The van der Waals surface area contributed by atoms with Gasteiger partial charge in [0.1, 0.15) is 0 Å². The molecule has 0 fully saturated rings. The van der Waals surface area contributed by atoms with E-state index in [1.165, 1.54) is 50.1 Å². The zero-order valence-corrected chi connectivity index (χ0v) is 33.6. The Morgan fingerprint density at radius 2 is 0.806 bits per heavy atom. The van der Waals surface area contributed by atoms with Crippen molar-refractivity contribution in [1.29, 1.82) is 0 Å². The summed E-state index contributed by atoms with van der Waals surface area (Å²) in [5.74, 6) is 1.81. The van der Waals surface area contributed by atoms with E-state index in [1.807, 2.05) is 24.3 Å².